The molecular weight excluding hydrogens is 326 g/mol. The van der Waals surface area contributed by atoms with Crippen LogP contribution in [0.15, 0.2) is 48.8 Å². The summed E-state index contributed by atoms with van der Waals surface area (Å²) in [5.74, 6) is 0.0270. The van der Waals surface area contributed by atoms with Gasteiger partial charge in [-0.2, -0.15) is 10.2 Å². The maximum absolute atomic E-state index is 12.2. The minimum absolute atomic E-state index is 0.0270. The third-order valence-corrected chi connectivity index (χ3v) is 4.44. The molecule has 0 unspecified atom stereocenters. The summed E-state index contributed by atoms with van der Waals surface area (Å²) in [6.45, 7) is 0.756. The predicted molar refractivity (Wildman–Crippen MR) is 102 cm³/mol. The van der Waals surface area contributed by atoms with E-state index < -0.39 is 0 Å². The van der Waals surface area contributed by atoms with Crippen molar-refractivity contribution in [3.05, 3.63) is 60.0 Å². The molecule has 3 aromatic rings. The van der Waals surface area contributed by atoms with Crippen LogP contribution < -0.4 is 0 Å². The highest BCUT2D eigenvalue weighted by Gasteiger charge is 2.12. The number of aromatic nitrogens is 4. The number of hydrogen-bond donors (Lipinski definition) is 1. The van der Waals surface area contributed by atoms with E-state index in [1.165, 1.54) is 0 Å². The summed E-state index contributed by atoms with van der Waals surface area (Å²) in [5, 5.41) is 11.6. The van der Waals surface area contributed by atoms with E-state index in [-0.39, 0.29) is 5.91 Å². The molecule has 1 N–H and O–H groups in total. The average Bonchev–Trinajstić information content (AvgIpc) is 3.30. The zero-order chi connectivity index (χ0) is 18.4. The minimum atomic E-state index is 0.0270. The Morgan fingerprint density at radius 2 is 2.00 bits per heavy atom. The predicted octanol–water partition coefficient (Wildman–Crippen LogP) is 3.30. The van der Waals surface area contributed by atoms with Crippen LogP contribution >= 0.6 is 0 Å². The summed E-state index contributed by atoms with van der Waals surface area (Å²) in [5.41, 5.74) is 3.91. The lowest BCUT2D eigenvalue weighted by atomic mass is 10.1. The molecule has 0 atom stereocenters. The van der Waals surface area contributed by atoms with E-state index in [0.717, 1.165) is 49.2 Å². The van der Waals surface area contributed by atoms with Crippen molar-refractivity contribution in [3.8, 4) is 11.3 Å². The van der Waals surface area contributed by atoms with Crippen LogP contribution in [0.25, 0.3) is 11.3 Å². The van der Waals surface area contributed by atoms with Crippen LogP contribution in [0.4, 0.5) is 0 Å². The molecule has 0 fully saturated rings. The van der Waals surface area contributed by atoms with Gasteiger partial charge in [0.15, 0.2) is 0 Å². The molecule has 136 valence electrons. The molecule has 0 aliphatic rings. The number of carbonyl (C=O) groups excluding carboxylic acids is 1. The Balaban J connectivity index is 1.38. The van der Waals surface area contributed by atoms with Crippen LogP contribution in [-0.2, 0) is 13.5 Å². The number of nitrogens with one attached hydrogen (secondary N) is 1. The van der Waals surface area contributed by atoms with Gasteiger partial charge in [0.2, 0.25) is 0 Å². The van der Waals surface area contributed by atoms with Crippen molar-refractivity contribution in [2.45, 2.75) is 25.7 Å². The van der Waals surface area contributed by atoms with E-state index in [1.54, 1.807) is 22.0 Å². The number of H-pyrrole nitrogens is 1. The zero-order valence-corrected chi connectivity index (χ0v) is 15.4. The number of carbonyl (C=O) groups is 1. The van der Waals surface area contributed by atoms with Crippen molar-refractivity contribution in [2.75, 3.05) is 13.6 Å². The van der Waals surface area contributed by atoms with Gasteiger partial charge in [0, 0.05) is 38.1 Å². The summed E-state index contributed by atoms with van der Waals surface area (Å²) in [4.78, 5) is 14.0. The van der Waals surface area contributed by atoms with E-state index in [4.69, 9.17) is 0 Å². The van der Waals surface area contributed by atoms with Crippen molar-refractivity contribution < 1.29 is 4.79 Å². The Kier molecular flexibility index (Phi) is 5.84. The van der Waals surface area contributed by atoms with Crippen LogP contribution in [0, 0.1) is 0 Å². The number of amides is 1. The molecule has 0 saturated carbocycles. The van der Waals surface area contributed by atoms with Crippen LogP contribution in [0.5, 0.6) is 0 Å². The second-order valence-electron chi connectivity index (χ2n) is 6.58. The monoisotopic (exact) mass is 351 g/mol. The van der Waals surface area contributed by atoms with E-state index in [1.807, 2.05) is 32.3 Å². The topological polar surface area (TPSA) is 66.8 Å². The highest BCUT2D eigenvalue weighted by atomic mass is 16.2. The number of nitrogens with zero attached hydrogens (tertiary/aromatic N) is 4. The fraction of sp³-hybridized carbons (Fsp3) is 0.350. The lowest BCUT2D eigenvalue weighted by Gasteiger charge is -2.15. The first-order valence-electron chi connectivity index (χ1n) is 8.97. The molecule has 0 spiro atoms. The van der Waals surface area contributed by atoms with Crippen molar-refractivity contribution in [1.82, 2.24) is 24.9 Å². The van der Waals surface area contributed by atoms with Crippen molar-refractivity contribution in [2.24, 2.45) is 7.05 Å². The molecule has 2 heterocycles. The van der Waals surface area contributed by atoms with E-state index in [9.17, 15) is 4.79 Å². The molecule has 6 heteroatoms. The zero-order valence-electron chi connectivity index (χ0n) is 15.4. The van der Waals surface area contributed by atoms with Gasteiger partial charge < -0.3 is 4.90 Å². The lowest BCUT2D eigenvalue weighted by Crippen LogP contribution is -2.27. The summed E-state index contributed by atoms with van der Waals surface area (Å²) in [6.07, 6.45) is 7.47. The third-order valence-electron chi connectivity index (χ3n) is 4.44. The standard InChI is InChI=1S/C20H25N5O/c1-24(20(26)17-14-21-25(2)15-17)12-8-4-7-11-18-13-19(23-22-18)16-9-5-3-6-10-16/h3,5-6,9-10,13-15H,4,7-8,11-12H2,1-2H3,(H,22,23). The number of benzene rings is 1. The van der Waals surface area contributed by atoms with E-state index >= 15 is 0 Å². The summed E-state index contributed by atoms with van der Waals surface area (Å²) in [7, 11) is 3.66. The van der Waals surface area contributed by atoms with Crippen LogP contribution in [0.3, 0.4) is 0 Å². The molecule has 0 aliphatic heterocycles. The second kappa shape index (κ2) is 8.47. The van der Waals surface area contributed by atoms with Crippen molar-refractivity contribution >= 4 is 5.91 Å². The van der Waals surface area contributed by atoms with Crippen LogP contribution in [-0.4, -0.2) is 44.4 Å². The first-order chi connectivity index (χ1) is 12.6. The molecule has 1 amide bonds. The smallest absolute Gasteiger partial charge is 0.256 e. The third kappa shape index (κ3) is 4.59. The maximum atomic E-state index is 12.2. The second-order valence-corrected chi connectivity index (χ2v) is 6.58. The first-order valence-corrected chi connectivity index (χ1v) is 8.97. The van der Waals surface area contributed by atoms with Crippen molar-refractivity contribution in [3.63, 3.8) is 0 Å². The van der Waals surface area contributed by atoms with Gasteiger partial charge in [-0.05, 0) is 25.3 Å². The SMILES string of the molecule is CN(CCCCCc1cc(-c2ccccc2)n[nH]1)C(=O)c1cnn(C)c1. The summed E-state index contributed by atoms with van der Waals surface area (Å²) >= 11 is 0. The summed E-state index contributed by atoms with van der Waals surface area (Å²) < 4.78 is 1.65. The number of rotatable bonds is 8. The lowest BCUT2D eigenvalue weighted by molar-refractivity contribution is 0.0792. The summed E-state index contributed by atoms with van der Waals surface area (Å²) in [6, 6.07) is 12.3. The molecular formula is C20H25N5O. The van der Waals surface area contributed by atoms with Gasteiger partial charge in [-0.1, -0.05) is 36.8 Å². The molecule has 0 radical (unpaired) electrons. The van der Waals surface area contributed by atoms with Crippen molar-refractivity contribution in [1.29, 1.82) is 0 Å². The quantitative estimate of drug-likeness (QED) is 0.633. The number of aryl methyl sites for hydroxylation is 2. The minimum Gasteiger partial charge on any atom is -0.342 e. The molecule has 26 heavy (non-hydrogen) atoms. The maximum Gasteiger partial charge on any atom is 0.256 e. The van der Waals surface area contributed by atoms with Gasteiger partial charge in [0.1, 0.15) is 0 Å². The number of hydrogen-bond acceptors (Lipinski definition) is 3. The van der Waals surface area contributed by atoms with E-state index in [2.05, 4.69) is 33.5 Å². The largest absolute Gasteiger partial charge is 0.342 e. The van der Waals surface area contributed by atoms with Gasteiger partial charge >= 0.3 is 0 Å². The molecule has 0 aliphatic carbocycles. The fourth-order valence-electron chi connectivity index (χ4n) is 2.94. The number of unbranched alkanes of at least 4 members (excludes halogenated alkanes) is 2. The Bertz CT molecular complexity index is 837. The van der Waals surface area contributed by atoms with Crippen LogP contribution in [0.1, 0.15) is 35.3 Å². The Hall–Kier alpha value is -2.89. The van der Waals surface area contributed by atoms with Gasteiger partial charge in [-0.25, -0.2) is 0 Å². The normalized spacial score (nSPS) is 10.8. The van der Waals surface area contributed by atoms with Gasteiger partial charge in [-0.15, -0.1) is 0 Å². The van der Waals surface area contributed by atoms with Gasteiger partial charge in [0.25, 0.3) is 5.91 Å². The highest BCUT2D eigenvalue weighted by molar-refractivity contribution is 5.93. The molecule has 0 saturated heterocycles. The molecule has 0 bridgehead atoms. The first kappa shape index (κ1) is 17.9. The number of aromatic amines is 1. The Labute approximate surface area is 153 Å². The van der Waals surface area contributed by atoms with Gasteiger partial charge in [0.05, 0.1) is 17.5 Å². The average molecular weight is 351 g/mol. The molecule has 6 nitrogen and oxygen atoms in total. The highest BCUT2D eigenvalue weighted by Crippen LogP contribution is 2.18. The fourth-order valence-corrected chi connectivity index (χ4v) is 2.94. The van der Waals surface area contributed by atoms with Gasteiger partial charge in [-0.3, -0.25) is 14.6 Å². The molecule has 1 aromatic carbocycles. The Morgan fingerprint density at radius 1 is 1.19 bits per heavy atom. The molecule has 2 aromatic heterocycles. The van der Waals surface area contributed by atoms with Crippen LogP contribution in [0.2, 0.25) is 0 Å². The van der Waals surface area contributed by atoms with E-state index in [0.29, 0.717) is 5.56 Å². The Morgan fingerprint density at radius 3 is 2.73 bits per heavy atom. The molecule has 3 rings (SSSR count).